The fraction of sp³-hybridized carbons (Fsp3) is 0.538. The van der Waals surface area contributed by atoms with Crippen molar-refractivity contribution in [2.24, 2.45) is 5.14 Å². The first-order chi connectivity index (χ1) is 10.2. The number of rotatable bonds is 9. The number of sulfonamides is 2. The van der Waals surface area contributed by atoms with E-state index < -0.39 is 20.0 Å². The average Bonchev–Trinajstić information content (AvgIpc) is 2.46. The number of nitrogens with two attached hydrogens (primary N) is 1. The number of nitrogens with zero attached hydrogens (tertiary/aromatic N) is 1. The maximum Gasteiger partial charge on any atom is 0.240 e. The summed E-state index contributed by atoms with van der Waals surface area (Å²) in [6, 6.07) is 4.82. The van der Waals surface area contributed by atoms with Crippen molar-refractivity contribution in [2.75, 3.05) is 26.2 Å². The quantitative estimate of drug-likeness (QED) is 0.625. The predicted molar refractivity (Wildman–Crippen MR) is 85.4 cm³/mol. The van der Waals surface area contributed by atoms with Crippen LogP contribution in [0.2, 0.25) is 0 Å². The average molecular weight is 349 g/mol. The summed E-state index contributed by atoms with van der Waals surface area (Å²) in [7, 11) is -7.46. The Labute approximate surface area is 132 Å². The van der Waals surface area contributed by atoms with Crippen molar-refractivity contribution in [3.63, 3.8) is 0 Å². The van der Waals surface area contributed by atoms with Crippen LogP contribution in [0.4, 0.5) is 0 Å². The SMILES string of the molecule is CCN(CC)CCCNS(=O)(=O)c1ccc(S(N)(=O)=O)cc1. The second kappa shape index (κ2) is 8.02. The maximum absolute atomic E-state index is 12.1. The van der Waals surface area contributed by atoms with Gasteiger partial charge >= 0.3 is 0 Å². The third kappa shape index (κ3) is 5.65. The summed E-state index contributed by atoms with van der Waals surface area (Å²) in [6.07, 6.45) is 0.705. The zero-order valence-corrected chi connectivity index (χ0v) is 14.5. The zero-order chi connectivity index (χ0) is 16.8. The lowest BCUT2D eigenvalue weighted by molar-refractivity contribution is 0.300. The molecule has 0 atom stereocenters. The van der Waals surface area contributed by atoms with Crippen LogP contribution in [0.25, 0.3) is 0 Å². The third-order valence-electron chi connectivity index (χ3n) is 3.30. The first kappa shape index (κ1) is 19.0. The van der Waals surface area contributed by atoms with Crippen molar-refractivity contribution in [1.82, 2.24) is 9.62 Å². The summed E-state index contributed by atoms with van der Waals surface area (Å²) >= 11 is 0. The molecule has 0 saturated carbocycles. The normalized spacial score (nSPS) is 12.7. The minimum absolute atomic E-state index is 0.0164. The molecule has 126 valence electrons. The van der Waals surface area contributed by atoms with Crippen LogP contribution in [0.15, 0.2) is 34.1 Å². The highest BCUT2D eigenvalue weighted by molar-refractivity contribution is 7.89. The predicted octanol–water partition coefficient (Wildman–Crippen LogP) is 0.344. The van der Waals surface area contributed by atoms with E-state index in [4.69, 9.17) is 5.14 Å². The largest absolute Gasteiger partial charge is 0.304 e. The standard InChI is InChI=1S/C13H23N3O4S2/c1-3-16(4-2)11-5-10-15-22(19,20)13-8-6-12(7-9-13)21(14,17)18/h6-9,15H,3-5,10-11H2,1-2H3,(H2,14,17,18). The Morgan fingerprint density at radius 1 is 1.00 bits per heavy atom. The number of benzene rings is 1. The molecule has 0 radical (unpaired) electrons. The van der Waals surface area contributed by atoms with Gasteiger partial charge in [0, 0.05) is 6.54 Å². The van der Waals surface area contributed by atoms with Crippen molar-refractivity contribution in [2.45, 2.75) is 30.1 Å². The topological polar surface area (TPSA) is 110 Å². The number of primary sulfonamides is 1. The van der Waals surface area contributed by atoms with E-state index in [9.17, 15) is 16.8 Å². The van der Waals surface area contributed by atoms with Gasteiger partial charge in [-0.3, -0.25) is 0 Å². The van der Waals surface area contributed by atoms with Gasteiger partial charge < -0.3 is 4.90 Å². The first-order valence-electron chi connectivity index (χ1n) is 7.05. The van der Waals surface area contributed by atoms with Gasteiger partial charge in [-0.15, -0.1) is 0 Å². The molecule has 0 saturated heterocycles. The van der Waals surface area contributed by atoms with Crippen LogP contribution in [-0.2, 0) is 20.0 Å². The van der Waals surface area contributed by atoms with Crippen molar-refractivity contribution in [1.29, 1.82) is 0 Å². The molecule has 0 aliphatic heterocycles. The van der Waals surface area contributed by atoms with Gasteiger partial charge in [-0.2, -0.15) is 0 Å². The second-order valence-corrected chi connectivity index (χ2v) is 8.12. The first-order valence-corrected chi connectivity index (χ1v) is 10.1. The van der Waals surface area contributed by atoms with Crippen LogP contribution in [0, 0.1) is 0 Å². The van der Waals surface area contributed by atoms with Gasteiger partial charge in [-0.25, -0.2) is 26.7 Å². The van der Waals surface area contributed by atoms with E-state index >= 15 is 0 Å². The molecule has 9 heteroatoms. The summed E-state index contributed by atoms with van der Waals surface area (Å²) in [6.45, 7) is 7.12. The molecule has 3 N–H and O–H groups in total. The summed E-state index contributed by atoms with van der Waals surface area (Å²) in [5, 5.41) is 4.97. The molecule has 1 aromatic carbocycles. The molecule has 0 aromatic heterocycles. The monoisotopic (exact) mass is 349 g/mol. The van der Waals surface area contributed by atoms with Gasteiger partial charge in [-0.1, -0.05) is 13.8 Å². The van der Waals surface area contributed by atoms with E-state index in [-0.39, 0.29) is 9.79 Å². The Bertz CT molecular complexity index is 666. The van der Waals surface area contributed by atoms with Crippen LogP contribution < -0.4 is 9.86 Å². The van der Waals surface area contributed by atoms with Gasteiger partial charge in [0.05, 0.1) is 9.79 Å². The second-order valence-electron chi connectivity index (χ2n) is 4.79. The van der Waals surface area contributed by atoms with Gasteiger partial charge in [0.15, 0.2) is 0 Å². The Kier molecular flexibility index (Phi) is 6.95. The molecule has 22 heavy (non-hydrogen) atoms. The van der Waals surface area contributed by atoms with Gasteiger partial charge in [0.2, 0.25) is 20.0 Å². The van der Waals surface area contributed by atoms with Crippen LogP contribution in [0.3, 0.4) is 0 Å². The third-order valence-corrected chi connectivity index (χ3v) is 5.71. The Balaban J connectivity index is 2.63. The molecule has 1 rings (SSSR count). The summed E-state index contributed by atoms with van der Waals surface area (Å²) in [5.41, 5.74) is 0. The Hall–Kier alpha value is -1.00. The van der Waals surface area contributed by atoms with Gasteiger partial charge in [-0.05, 0) is 50.3 Å². The maximum atomic E-state index is 12.1. The highest BCUT2D eigenvalue weighted by Gasteiger charge is 2.15. The fourth-order valence-electron chi connectivity index (χ4n) is 1.94. The highest BCUT2D eigenvalue weighted by atomic mass is 32.2. The molecular weight excluding hydrogens is 326 g/mol. The number of hydrogen-bond acceptors (Lipinski definition) is 5. The number of hydrogen-bond donors (Lipinski definition) is 2. The van der Waals surface area contributed by atoms with Crippen molar-refractivity contribution < 1.29 is 16.8 Å². The molecule has 0 amide bonds. The minimum Gasteiger partial charge on any atom is -0.304 e. The minimum atomic E-state index is -3.82. The van der Waals surface area contributed by atoms with E-state index in [1.807, 2.05) is 0 Å². The Morgan fingerprint density at radius 3 is 1.95 bits per heavy atom. The highest BCUT2D eigenvalue weighted by Crippen LogP contribution is 2.13. The van der Waals surface area contributed by atoms with Crippen molar-refractivity contribution in [3.05, 3.63) is 24.3 Å². The summed E-state index contributed by atoms with van der Waals surface area (Å²) < 4.78 is 48.9. The Morgan fingerprint density at radius 2 is 1.50 bits per heavy atom. The lowest BCUT2D eigenvalue weighted by Crippen LogP contribution is -2.30. The molecule has 0 fully saturated rings. The van der Waals surface area contributed by atoms with Gasteiger partial charge in [0.1, 0.15) is 0 Å². The summed E-state index contributed by atoms with van der Waals surface area (Å²) in [5.74, 6) is 0. The van der Waals surface area contributed by atoms with Crippen molar-refractivity contribution >= 4 is 20.0 Å². The molecule has 0 unspecified atom stereocenters. The van der Waals surface area contributed by atoms with E-state index in [0.717, 1.165) is 19.6 Å². The smallest absolute Gasteiger partial charge is 0.240 e. The van der Waals surface area contributed by atoms with E-state index in [2.05, 4.69) is 23.5 Å². The lowest BCUT2D eigenvalue weighted by Gasteiger charge is -2.17. The summed E-state index contributed by atoms with van der Waals surface area (Å²) in [4.78, 5) is 2.10. The van der Waals surface area contributed by atoms with Crippen LogP contribution in [-0.4, -0.2) is 47.9 Å². The molecule has 0 aliphatic rings. The van der Waals surface area contributed by atoms with Crippen LogP contribution in [0.5, 0.6) is 0 Å². The molecule has 0 aliphatic carbocycles. The number of nitrogens with one attached hydrogen (secondary N) is 1. The lowest BCUT2D eigenvalue weighted by atomic mass is 10.4. The molecule has 1 aromatic rings. The van der Waals surface area contributed by atoms with Crippen LogP contribution >= 0.6 is 0 Å². The fourth-order valence-corrected chi connectivity index (χ4v) is 3.53. The van der Waals surface area contributed by atoms with E-state index in [1.54, 1.807) is 0 Å². The molecule has 0 bridgehead atoms. The molecule has 7 nitrogen and oxygen atoms in total. The molecule has 0 spiro atoms. The molecular formula is C13H23N3O4S2. The van der Waals surface area contributed by atoms with Crippen LogP contribution in [0.1, 0.15) is 20.3 Å². The van der Waals surface area contributed by atoms with Crippen molar-refractivity contribution in [3.8, 4) is 0 Å². The zero-order valence-electron chi connectivity index (χ0n) is 12.8. The molecule has 0 heterocycles. The van der Waals surface area contributed by atoms with E-state index in [1.165, 1.54) is 24.3 Å². The van der Waals surface area contributed by atoms with E-state index in [0.29, 0.717) is 13.0 Å². The van der Waals surface area contributed by atoms with Gasteiger partial charge in [0.25, 0.3) is 0 Å².